The number of aliphatic imine (C=N–C) groups is 1. The third-order valence-electron chi connectivity index (χ3n) is 6.43. The number of hydrogen-bond donors (Lipinski definition) is 2. The van der Waals surface area contributed by atoms with Gasteiger partial charge in [0, 0.05) is 45.5 Å². The first-order chi connectivity index (χ1) is 14.6. The van der Waals surface area contributed by atoms with E-state index < -0.39 is 0 Å². The molecule has 2 fully saturated rings. The highest BCUT2D eigenvalue weighted by molar-refractivity contribution is 6.06. The Morgan fingerprint density at radius 2 is 1.70 bits per heavy atom. The Labute approximate surface area is 176 Å². The van der Waals surface area contributed by atoms with Gasteiger partial charge in [-0.1, -0.05) is 18.2 Å². The molecule has 1 saturated heterocycles. The zero-order chi connectivity index (χ0) is 21.1. The van der Waals surface area contributed by atoms with Crippen molar-refractivity contribution in [2.45, 2.75) is 25.8 Å². The molecule has 3 aliphatic rings. The van der Waals surface area contributed by atoms with E-state index in [9.17, 15) is 14.4 Å². The summed E-state index contributed by atoms with van der Waals surface area (Å²) in [6.45, 7) is 2.24. The van der Waals surface area contributed by atoms with Gasteiger partial charge in [-0.05, 0) is 37.2 Å². The van der Waals surface area contributed by atoms with E-state index >= 15 is 0 Å². The van der Waals surface area contributed by atoms with Crippen molar-refractivity contribution < 1.29 is 9.59 Å². The van der Waals surface area contributed by atoms with Gasteiger partial charge in [0.25, 0.3) is 0 Å². The molecule has 0 radical (unpaired) electrons. The van der Waals surface area contributed by atoms with Gasteiger partial charge in [-0.25, -0.2) is 0 Å². The summed E-state index contributed by atoms with van der Waals surface area (Å²) in [7, 11) is 1.69. The summed E-state index contributed by atoms with van der Waals surface area (Å²) < 4.78 is 1.70. The van der Waals surface area contributed by atoms with Crippen LogP contribution in [-0.2, 0) is 16.1 Å². The molecule has 1 saturated carbocycles. The van der Waals surface area contributed by atoms with E-state index in [2.05, 4.69) is 27.8 Å². The maximum Gasteiger partial charge on any atom is 0.250 e. The number of carbonyl (C=O) groups excluding carboxylic acids is 2. The molecule has 1 aromatic rings. The van der Waals surface area contributed by atoms with Crippen molar-refractivity contribution in [2.75, 3.05) is 26.7 Å². The highest BCUT2D eigenvalue weighted by Crippen LogP contribution is 2.52. The number of amides is 2. The van der Waals surface area contributed by atoms with Crippen molar-refractivity contribution in [1.29, 1.82) is 0 Å². The number of hydrogen-bond acceptors (Lipinski definition) is 4. The number of likely N-dealkylation sites (tertiary alicyclic amines) is 1. The second-order valence-electron chi connectivity index (χ2n) is 8.19. The molecule has 30 heavy (non-hydrogen) atoms. The molecule has 2 N–H and O–H groups in total. The van der Waals surface area contributed by atoms with Gasteiger partial charge in [-0.3, -0.25) is 24.3 Å². The maximum atomic E-state index is 12.7. The molecule has 2 amide bonds. The average Bonchev–Trinajstić information content (AvgIpc) is 3.43. The van der Waals surface area contributed by atoms with Crippen LogP contribution in [0.5, 0.6) is 0 Å². The summed E-state index contributed by atoms with van der Waals surface area (Å²) in [6, 6.07) is 5.16. The van der Waals surface area contributed by atoms with E-state index in [4.69, 9.17) is 0 Å². The molecule has 4 rings (SSSR count). The summed E-state index contributed by atoms with van der Waals surface area (Å²) in [5, 5.41) is 6.42. The number of aryl methyl sites for hydroxylation is 1. The van der Waals surface area contributed by atoms with E-state index in [-0.39, 0.29) is 41.0 Å². The molecule has 1 aliphatic heterocycles. The predicted octanol–water partition coefficient (Wildman–Crippen LogP) is 0.601. The minimum atomic E-state index is -0.137. The number of fused-ring (bicyclic) bond motifs is 5. The first-order valence-corrected chi connectivity index (χ1v) is 10.7. The van der Waals surface area contributed by atoms with E-state index in [1.165, 1.54) is 4.90 Å². The van der Waals surface area contributed by atoms with Crippen molar-refractivity contribution in [3.8, 4) is 0 Å². The lowest BCUT2D eigenvalue weighted by Gasteiger charge is -2.18. The van der Waals surface area contributed by atoms with Gasteiger partial charge in [-0.2, -0.15) is 0 Å². The van der Waals surface area contributed by atoms with Gasteiger partial charge in [0.1, 0.15) is 0 Å². The maximum absolute atomic E-state index is 12.7. The third kappa shape index (κ3) is 3.91. The first kappa shape index (κ1) is 20.4. The fraction of sp³-hybridized carbons (Fsp3) is 0.545. The topological polar surface area (TPSA) is 95.8 Å². The minimum Gasteiger partial charge on any atom is -0.356 e. The van der Waals surface area contributed by atoms with E-state index in [0.29, 0.717) is 25.6 Å². The number of unbranched alkanes of at least 4 members (excludes halogenated alkanes) is 1. The summed E-state index contributed by atoms with van der Waals surface area (Å²) in [5.74, 6) is 0.841. The second-order valence-corrected chi connectivity index (χ2v) is 8.19. The monoisotopic (exact) mass is 411 g/mol. The molecule has 160 valence electrons. The summed E-state index contributed by atoms with van der Waals surface area (Å²) in [4.78, 5) is 42.7. The lowest BCUT2D eigenvalue weighted by Crippen LogP contribution is -2.43. The van der Waals surface area contributed by atoms with Gasteiger partial charge in [-0.15, -0.1) is 0 Å². The van der Waals surface area contributed by atoms with Crippen LogP contribution in [0, 0.1) is 23.7 Å². The van der Waals surface area contributed by atoms with Crippen LogP contribution in [-0.4, -0.2) is 53.9 Å². The van der Waals surface area contributed by atoms with Crippen LogP contribution in [0.1, 0.15) is 19.3 Å². The molecule has 8 heteroatoms. The van der Waals surface area contributed by atoms with Gasteiger partial charge >= 0.3 is 0 Å². The molecule has 8 nitrogen and oxygen atoms in total. The minimum absolute atomic E-state index is 0.0113. The number of nitrogens with zero attached hydrogens (tertiary/aromatic N) is 3. The zero-order valence-electron chi connectivity index (χ0n) is 17.3. The molecular weight excluding hydrogens is 382 g/mol. The quantitative estimate of drug-likeness (QED) is 0.215. The number of rotatable bonds is 8. The number of aromatic nitrogens is 1. The van der Waals surface area contributed by atoms with Crippen LogP contribution in [0.3, 0.4) is 0 Å². The Hall–Kier alpha value is -2.90. The lowest BCUT2D eigenvalue weighted by molar-refractivity contribution is -0.140. The molecule has 0 spiro atoms. The molecule has 2 aliphatic carbocycles. The largest absolute Gasteiger partial charge is 0.356 e. The standard InChI is InChI=1S/C22H29N5O3/c1-23-22(24-9-3-5-12-26-11-4-2-6-17(26)28)25-10-13-27-20(29)18-15-7-8-16(14-15)19(18)21(27)30/h2,4,6-8,11,15-16,18-19H,3,5,9-10,12-14H2,1H3,(H2,23,24,25). The van der Waals surface area contributed by atoms with Crippen LogP contribution in [0.25, 0.3) is 0 Å². The Morgan fingerprint density at radius 3 is 2.37 bits per heavy atom. The molecule has 2 heterocycles. The van der Waals surface area contributed by atoms with Gasteiger partial charge in [0.15, 0.2) is 5.96 Å². The molecular formula is C22H29N5O3. The van der Waals surface area contributed by atoms with Crippen LogP contribution in [0.15, 0.2) is 46.3 Å². The van der Waals surface area contributed by atoms with Crippen LogP contribution in [0.2, 0.25) is 0 Å². The molecule has 2 bridgehead atoms. The number of guanidine groups is 1. The number of pyridine rings is 1. The number of allylic oxidation sites excluding steroid dienone is 2. The molecule has 1 aromatic heterocycles. The van der Waals surface area contributed by atoms with Crippen LogP contribution >= 0.6 is 0 Å². The van der Waals surface area contributed by atoms with Gasteiger partial charge < -0.3 is 15.2 Å². The van der Waals surface area contributed by atoms with Gasteiger partial charge in [0.2, 0.25) is 17.4 Å². The first-order valence-electron chi connectivity index (χ1n) is 10.7. The number of carbonyl (C=O) groups is 2. The third-order valence-corrected chi connectivity index (χ3v) is 6.43. The van der Waals surface area contributed by atoms with E-state index in [1.807, 2.05) is 6.07 Å². The van der Waals surface area contributed by atoms with Crippen molar-refractivity contribution in [2.24, 2.45) is 28.7 Å². The highest BCUT2D eigenvalue weighted by atomic mass is 16.2. The van der Waals surface area contributed by atoms with Crippen molar-refractivity contribution >= 4 is 17.8 Å². The average molecular weight is 412 g/mol. The summed E-state index contributed by atoms with van der Waals surface area (Å²) in [5.41, 5.74) is 0.0156. The lowest BCUT2D eigenvalue weighted by atomic mass is 9.85. The normalized spacial score (nSPS) is 27.1. The molecule has 4 unspecified atom stereocenters. The Morgan fingerprint density at radius 1 is 1.00 bits per heavy atom. The van der Waals surface area contributed by atoms with Crippen LogP contribution < -0.4 is 16.2 Å². The molecule has 0 aromatic carbocycles. The Bertz CT molecular complexity index is 891. The zero-order valence-corrected chi connectivity index (χ0v) is 17.3. The fourth-order valence-electron chi connectivity index (χ4n) is 4.95. The number of nitrogens with one attached hydrogen (secondary N) is 2. The van der Waals surface area contributed by atoms with E-state index in [1.54, 1.807) is 29.9 Å². The number of imide groups is 1. The summed E-state index contributed by atoms with van der Waals surface area (Å²) >= 11 is 0. The van der Waals surface area contributed by atoms with E-state index in [0.717, 1.165) is 25.8 Å². The van der Waals surface area contributed by atoms with Gasteiger partial charge in [0.05, 0.1) is 11.8 Å². The molecule has 4 atom stereocenters. The highest BCUT2D eigenvalue weighted by Gasteiger charge is 2.58. The second kappa shape index (κ2) is 8.85. The Kier molecular flexibility index (Phi) is 6.01. The van der Waals surface area contributed by atoms with Crippen molar-refractivity contribution in [1.82, 2.24) is 20.1 Å². The van der Waals surface area contributed by atoms with Crippen LogP contribution in [0.4, 0.5) is 0 Å². The smallest absolute Gasteiger partial charge is 0.250 e. The fourth-order valence-corrected chi connectivity index (χ4v) is 4.95. The van der Waals surface area contributed by atoms with Crippen molar-refractivity contribution in [3.63, 3.8) is 0 Å². The predicted molar refractivity (Wildman–Crippen MR) is 114 cm³/mol. The van der Waals surface area contributed by atoms with Crippen molar-refractivity contribution in [3.05, 3.63) is 46.9 Å². The Balaban J connectivity index is 1.16. The SMILES string of the molecule is CN=C(NCCCCn1ccccc1=O)NCCN1C(=O)C2C3C=CC(C3)C2C1=O. The summed E-state index contributed by atoms with van der Waals surface area (Å²) in [6.07, 6.45) is 8.74.